The summed E-state index contributed by atoms with van der Waals surface area (Å²) in [6.45, 7) is 6.14. The number of nitrogens with one attached hydrogen (secondary N) is 3. The lowest BCUT2D eigenvalue weighted by molar-refractivity contribution is -0.131. The van der Waals surface area contributed by atoms with Crippen molar-refractivity contribution in [1.29, 1.82) is 0 Å². The second-order valence-corrected chi connectivity index (χ2v) is 13.5. The van der Waals surface area contributed by atoms with Gasteiger partial charge in [-0.3, -0.25) is 9.59 Å². The van der Waals surface area contributed by atoms with Crippen LogP contribution in [0.2, 0.25) is 0 Å². The van der Waals surface area contributed by atoms with E-state index in [0.717, 1.165) is 44.1 Å². The first-order chi connectivity index (χ1) is 19.0. The van der Waals surface area contributed by atoms with Gasteiger partial charge in [-0.25, -0.2) is 13.1 Å². The Hall–Kier alpha value is -2.01. The number of unbranched alkanes of at least 4 members (excludes halogenated alkanes) is 1. The van der Waals surface area contributed by atoms with E-state index in [1.807, 2.05) is 51.1 Å². The van der Waals surface area contributed by atoms with Gasteiger partial charge in [-0.15, -0.1) is 0 Å². The quantitative estimate of drug-likeness (QED) is 0.169. The molecule has 9 nitrogen and oxygen atoms in total. The van der Waals surface area contributed by atoms with Gasteiger partial charge in [0.2, 0.25) is 21.8 Å². The minimum atomic E-state index is -3.80. The fourth-order valence-electron chi connectivity index (χ4n) is 5.28. The van der Waals surface area contributed by atoms with E-state index in [0.29, 0.717) is 25.7 Å². The summed E-state index contributed by atoms with van der Waals surface area (Å²) in [5, 5.41) is 27.6. The number of carbonyl (C=O) groups is 2. The lowest BCUT2D eigenvalue weighted by atomic mass is 9.83. The monoisotopic (exact) mass is 581 g/mol. The van der Waals surface area contributed by atoms with E-state index < -0.39 is 46.0 Å². The summed E-state index contributed by atoms with van der Waals surface area (Å²) in [7, 11) is -3.80. The minimum Gasteiger partial charge on any atom is -0.389 e. The van der Waals surface area contributed by atoms with Crippen molar-refractivity contribution >= 4 is 21.8 Å². The summed E-state index contributed by atoms with van der Waals surface area (Å²) in [4.78, 5) is 26.2. The van der Waals surface area contributed by atoms with Gasteiger partial charge in [0.1, 0.15) is 12.1 Å². The maximum absolute atomic E-state index is 13.5. The molecule has 2 amide bonds. The Morgan fingerprint density at radius 2 is 1.70 bits per heavy atom. The van der Waals surface area contributed by atoms with Crippen LogP contribution in [-0.4, -0.2) is 67.0 Å². The Morgan fingerprint density at radius 3 is 2.33 bits per heavy atom. The molecule has 228 valence electrons. The van der Waals surface area contributed by atoms with Crippen molar-refractivity contribution in [2.45, 2.75) is 116 Å². The van der Waals surface area contributed by atoms with Crippen LogP contribution in [-0.2, 0) is 26.0 Å². The molecule has 1 aliphatic carbocycles. The van der Waals surface area contributed by atoms with Crippen molar-refractivity contribution in [2.24, 2.45) is 11.8 Å². The maximum Gasteiger partial charge on any atom is 0.242 e. The summed E-state index contributed by atoms with van der Waals surface area (Å²) in [6.07, 6.45) is 5.27. The number of aliphatic hydroxyl groups is 2. The van der Waals surface area contributed by atoms with Gasteiger partial charge in [0.15, 0.2) is 0 Å². The average molecular weight is 582 g/mol. The van der Waals surface area contributed by atoms with E-state index in [-0.39, 0.29) is 30.7 Å². The Bertz CT molecular complexity index is 982. The molecule has 1 fully saturated rings. The number of carbonyl (C=O) groups excluding carboxylic acids is 2. The SMILES string of the molecule is CCCCNS(=O)(=O)CC(O)C(O)C(CC1CCCCC1)NC(=O)[C@H](CC(C)C)NC(=O)CCc1ccccc1. The molecule has 0 heterocycles. The highest BCUT2D eigenvalue weighted by molar-refractivity contribution is 7.89. The van der Waals surface area contributed by atoms with E-state index in [9.17, 15) is 28.2 Å². The van der Waals surface area contributed by atoms with Crippen molar-refractivity contribution in [3.63, 3.8) is 0 Å². The number of hydrogen-bond donors (Lipinski definition) is 5. The zero-order valence-electron chi connectivity index (χ0n) is 24.5. The van der Waals surface area contributed by atoms with E-state index in [1.165, 1.54) is 0 Å². The fourth-order valence-corrected chi connectivity index (χ4v) is 6.50. The summed E-state index contributed by atoms with van der Waals surface area (Å²) in [5.41, 5.74) is 1.03. The molecule has 0 aromatic heterocycles. The molecule has 0 spiro atoms. The molecule has 0 saturated heterocycles. The topological polar surface area (TPSA) is 145 Å². The number of hydrogen-bond acceptors (Lipinski definition) is 6. The third-order valence-corrected chi connectivity index (χ3v) is 8.96. The van der Waals surface area contributed by atoms with Crippen LogP contribution in [0.15, 0.2) is 30.3 Å². The second kappa shape index (κ2) is 17.7. The molecule has 1 aromatic rings. The number of rotatable bonds is 18. The first-order valence-corrected chi connectivity index (χ1v) is 16.6. The molecule has 1 aliphatic rings. The minimum absolute atomic E-state index is 0.122. The molecule has 0 radical (unpaired) electrons. The second-order valence-electron chi connectivity index (χ2n) is 11.7. The first kappa shape index (κ1) is 34.2. The zero-order chi connectivity index (χ0) is 29.5. The molecular weight excluding hydrogens is 530 g/mol. The van der Waals surface area contributed by atoms with Gasteiger partial charge < -0.3 is 20.8 Å². The van der Waals surface area contributed by atoms with Crippen molar-refractivity contribution in [2.75, 3.05) is 12.3 Å². The normalized spacial score (nSPS) is 17.6. The van der Waals surface area contributed by atoms with Gasteiger partial charge in [0.05, 0.1) is 17.9 Å². The third-order valence-electron chi connectivity index (χ3n) is 7.53. The lowest BCUT2D eigenvalue weighted by Gasteiger charge is -2.33. The molecule has 10 heteroatoms. The molecule has 2 rings (SSSR count). The smallest absolute Gasteiger partial charge is 0.242 e. The Kier molecular flexibility index (Phi) is 15.2. The molecule has 3 unspecified atom stereocenters. The van der Waals surface area contributed by atoms with E-state index in [4.69, 9.17) is 0 Å². The zero-order valence-corrected chi connectivity index (χ0v) is 25.3. The molecule has 0 bridgehead atoms. The Balaban J connectivity index is 2.10. The van der Waals surface area contributed by atoms with E-state index in [1.54, 1.807) is 0 Å². The van der Waals surface area contributed by atoms with Crippen LogP contribution in [0, 0.1) is 11.8 Å². The fraction of sp³-hybridized carbons (Fsp3) is 0.733. The lowest BCUT2D eigenvalue weighted by Crippen LogP contribution is -2.56. The van der Waals surface area contributed by atoms with E-state index >= 15 is 0 Å². The predicted octanol–water partition coefficient (Wildman–Crippen LogP) is 3.05. The number of aliphatic hydroxyl groups excluding tert-OH is 2. The highest BCUT2D eigenvalue weighted by Gasteiger charge is 2.34. The van der Waals surface area contributed by atoms with Gasteiger partial charge >= 0.3 is 0 Å². The van der Waals surface area contributed by atoms with Gasteiger partial charge in [-0.2, -0.15) is 0 Å². The highest BCUT2D eigenvalue weighted by Crippen LogP contribution is 2.28. The average Bonchev–Trinajstić information content (AvgIpc) is 2.91. The number of sulfonamides is 1. The van der Waals surface area contributed by atoms with Crippen LogP contribution in [0.4, 0.5) is 0 Å². The molecular formula is C30H51N3O6S. The molecule has 40 heavy (non-hydrogen) atoms. The molecule has 4 atom stereocenters. The van der Waals surface area contributed by atoms with Crippen LogP contribution in [0.5, 0.6) is 0 Å². The summed E-state index contributed by atoms with van der Waals surface area (Å²) in [6, 6.07) is 8.01. The van der Waals surface area contributed by atoms with Gasteiger partial charge in [0.25, 0.3) is 0 Å². The Morgan fingerprint density at radius 1 is 1.02 bits per heavy atom. The van der Waals surface area contributed by atoms with Gasteiger partial charge in [-0.1, -0.05) is 89.6 Å². The van der Waals surface area contributed by atoms with Crippen LogP contribution in [0.25, 0.3) is 0 Å². The molecule has 5 N–H and O–H groups in total. The first-order valence-electron chi connectivity index (χ1n) is 15.0. The van der Waals surface area contributed by atoms with Crippen LogP contribution in [0.3, 0.4) is 0 Å². The van der Waals surface area contributed by atoms with Crippen molar-refractivity contribution in [3.8, 4) is 0 Å². The third kappa shape index (κ3) is 13.1. The predicted molar refractivity (Wildman–Crippen MR) is 158 cm³/mol. The van der Waals surface area contributed by atoms with Crippen molar-refractivity contribution in [1.82, 2.24) is 15.4 Å². The van der Waals surface area contributed by atoms with Crippen LogP contribution in [0.1, 0.15) is 90.5 Å². The maximum atomic E-state index is 13.5. The van der Waals surface area contributed by atoms with Crippen molar-refractivity contribution in [3.05, 3.63) is 35.9 Å². The molecule has 1 saturated carbocycles. The largest absolute Gasteiger partial charge is 0.389 e. The summed E-state index contributed by atoms with van der Waals surface area (Å²) in [5.74, 6) is -0.947. The van der Waals surface area contributed by atoms with Crippen molar-refractivity contribution < 1.29 is 28.2 Å². The Labute approximate surface area is 241 Å². The standard InChI is InChI=1S/C30H51N3O6S/c1-4-5-18-31-40(38,39)21-27(34)29(36)25(20-24-14-10-7-11-15-24)33-30(37)26(19-22(2)3)32-28(35)17-16-23-12-8-6-9-13-23/h6,8-9,12-13,22,24-27,29,31,34,36H,4-5,7,10-11,14-21H2,1-3H3,(H,32,35)(H,33,37)/t25?,26-,27?,29?/m0/s1. The van der Waals surface area contributed by atoms with Gasteiger partial charge in [-0.05, 0) is 43.1 Å². The number of amides is 2. The molecule has 0 aliphatic heterocycles. The highest BCUT2D eigenvalue weighted by atomic mass is 32.2. The summed E-state index contributed by atoms with van der Waals surface area (Å²) >= 11 is 0. The molecule has 1 aromatic carbocycles. The van der Waals surface area contributed by atoms with Crippen LogP contribution >= 0.6 is 0 Å². The van der Waals surface area contributed by atoms with Gasteiger partial charge in [0, 0.05) is 13.0 Å². The number of aryl methyl sites for hydroxylation is 1. The number of benzene rings is 1. The summed E-state index contributed by atoms with van der Waals surface area (Å²) < 4.78 is 27.4. The van der Waals surface area contributed by atoms with E-state index in [2.05, 4.69) is 15.4 Å². The van der Waals surface area contributed by atoms with Crippen LogP contribution < -0.4 is 15.4 Å².